The molecule has 1 N–H and O–H groups in total. The molecule has 0 saturated carbocycles. The predicted octanol–water partition coefficient (Wildman–Crippen LogP) is 2.62. The molecule has 110 valence electrons. The van der Waals surface area contributed by atoms with Gasteiger partial charge >= 0.3 is 6.18 Å². The Morgan fingerprint density at radius 2 is 2.00 bits per heavy atom. The van der Waals surface area contributed by atoms with Gasteiger partial charge in [0.15, 0.2) is 17.4 Å². The Bertz CT molecular complexity index is 520. The van der Waals surface area contributed by atoms with E-state index < -0.39 is 42.0 Å². The molecule has 0 amide bonds. The zero-order valence-corrected chi connectivity index (χ0v) is 10.4. The number of rotatable bonds is 3. The molecule has 1 atom stereocenters. The van der Waals surface area contributed by atoms with Crippen LogP contribution in [0.25, 0.3) is 0 Å². The van der Waals surface area contributed by atoms with Crippen LogP contribution in [0.4, 0.5) is 22.0 Å². The van der Waals surface area contributed by atoms with Gasteiger partial charge in [0.05, 0.1) is 0 Å². The van der Waals surface area contributed by atoms with Crippen LogP contribution in [0.3, 0.4) is 0 Å². The number of ketones is 1. The van der Waals surface area contributed by atoms with Gasteiger partial charge in [0.25, 0.3) is 0 Å². The first kappa shape index (κ1) is 14.9. The van der Waals surface area contributed by atoms with Crippen molar-refractivity contribution in [2.24, 2.45) is 5.41 Å². The summed E-state index contributed by atoms with van der Waals surface area (Å²) in [6.07, 6.45) is -5.87. The first-order chi connectivity index (χ1) is 9.28. The average Bonchev–Trinajstić information content (AvgIpc) is 2.85. The predicted molar refractivity (Wildman–Crippen MR) is 61.0 cm³/mol. The Morgan fingerprint density at radius 3 is 2.55 bits per heavy atom. The summed E-state index contributed by atoms with van der Waals surface area (Å²) in [5, 5.41) is 2.50. The van der Waals surface area contributed by atoms with Gasteiger partial charge in [0.1, 0.15) is 5.41 Å². The van der Waals surface area contributed by atoms with Crippen molar-refractivity contribution >= 4 is 5.78 Å². The normalized spacial score (nSPS) is 23.1. The minimum absolute atomic E-state index is 0.0664. The second-order valence-electron chi connectivity index (χ2n) is 4.82. The highest BCUT2D eigenvalue weighted by molar-refractivity contribution is 5.88. The average molecular weight is 293 g/mol. The third-order valence-corrected chi connectivity index (χ3v) is 3.61. The summed E-state index contributed by atoms with van der Waals surface area (Å²) in [5.74, 6) is -3.59. The van der Waals surface area contributed by atoms with Crippen LogP contribution in [0.2, 0.25) is 0 Å². The van der Waals surface area contributed by atoms with E-state index in [4.69, 9.17) is 0 Å². The Hall–Kier alpha value is -1.50. The second-order valence-corrected chi connectivity index (χ2v) is 4.82. The fourth-order valence-corrected chi connectivity index (χ4v) is 2.36. The molecule has 1 aliphatic heterocycles. The fourth-order valence-electron chi connectivity index (χ4n) is 2.36. The first-order valence-electron chi connectivity index (χ1n) is 6.01. The molecule has 0 spiro atoms. The number of carbonyl (C=O) groups is 1. The van der Waals surface area contributed by atoms with Crippen molar-refractivity contribution in [1.82, 2.24) is 5.32 Å². The molecule has 2 nitrogen and oxygen atoms in total. The lowest BCUT2D eigenvalue weighted by Crippen LogP contribution is -2.47. The van der Waals surface area contributed by atoms with Crippen molar-refractivity contribution < 1.29 is 26.7 Å². The number of hydrogen-bond donors (Lipinski definition) is 1. The van der Waals surface area contributed by atoms with Gasteiger partial charge in [0, 0.05) is 13.0 Å². The van der Waals surface area contributed by atoms with Gasteiger partial charge in [-0.3, -0.25) is 4.79 Å². The molecule has 0 aliphatic carbocycles. The van der Waals surface area contributed by atoms with Gasteiger partial charge < -0.3 is 5.32 Å². The smallest absolute Gasteiger partial charge is 0.315 e. The van der Waals surface area contributed by atoms with Crippen molar-refractivity contribution in [1.29, 1.82) is 0 Å². The lowest BCUT2D eigenvalue weighted by Gasteiger charge is -2.29. The number of carbonyl (C=O) groups excluding carboxylic acids is 1. The highest BCUT2D eigenvalue weighted by Gasteiger charge is 2.60. The molecular formula is C13H12F5NO. The molecule has 1 saturated heterocycles. The maximum atomic E-state index is 13.4. The SMILES string of the molecule is O=C(Cc1cccc(F)c1F)C1(C(F)(F)F)CCNC1. The van der Waals surface area contributed by atoms with Gasteiger partial charge in [-0.2, -0.15) is 13.2 Å². The van der Waals surface area contributed by atoms with Gasteiger partial charge in [-0.15, -0.1) is 0 Å². The van der Waals surface area contributed by atoms with E-state index in [0.29, 0.717) is 0 Å². The highest BCUT2D eigenvalue weighted by Crippen LogP contribution is 2.44. The summed E-state index contributed by atoms with van der Waals surface area (Å²) in [7, 11) is 0. The monoisotopic (exact) mass is 293 g/mol. The number of Topliss-reactive ketones (excluding diaryl/α,β-unsaturated/α-hetero) is 1. The Labute approximate surface area is 112 Å². The van der Waals surface area contributed by atoms with Crippen LogP contribution in [-0.4, -0.2) is 25.0 Å². The number of nitrogens with one attached hydrogen (secondary N) is 1. The summed E-state index contributed by atoms with van der Waals surface area (Å²) >= 11 is 0. The Balaban J connectivity index is 2.29. The van der Waals surface area contributed by atoms with Crippen molar-refractivity contribution in [3.8, 4) is 0 Å². The molecule has 0 aromatic heterocycles. The molecule has 1 unspecified atom stereocenters. The molecule has 1 fully saturated rings. The van der Waals surface area contributed by atoms with Gasteiger partial charge in [-0.1, -0.05) is 12.1 Å². The van der Waals surface area contributed by atoms with Crippen LogP contribution in [0.15, 0.2) is 18.2 Å². The van der Waals surface area contributed by atoms with Gasteiger partial charge in [-0.05, 0) is 24.6 Å². The molecule has 0 bridgehead atoms. The minimum Gasteiger partial charge on any atom is -0.315 e. The van der Waals surface area contributed by atoms with E-state index in [1.165, 1.54) is 0 Å². The summed E-state index contributed by atoms with van der Waals surface area (Å²) in [4.78, 5) is 12.0. The number of alkyl halides is 3. The van der Waals surface area contributed by atoms with Crippen molar-refractivity contribution in [2.75, 3.05) is 13.1 Å². The lowest BCUT2D eigenvalue weighted by atomic mass is 9.79. The first-order valence-corrected chi connectivity index (χ1v) is 6.01. The topological polar surface area (TPSA) is 29.1 Å². The van der Waals surface area contributed by atoms with E-state index in [1.54, 1.807) is 0 Å². The Morgan fingerprint density at radius 1 is 1.30 bits per heavy atom. The van der Waals surface area contributed by atoms with E-state index in [9.17, 15) is 26.7 Å². The van der Waals surface area contributed by atoms with Crippen molar-refractivity contribution in [2.45, 2.75) is 19.0 Å². The number of benzene rings is 1. The molecule has 1 aliphatic rings. The number of halogens is 5. The fraction of sp³-hybridized carbons (Fsp3) is 0.462. The third-order valence-electron chi connectivity index (χ3n) is 3.61. The Kier molecular flexibility index (Phi) is 3.82. The van der Waals surface area contributed by atoms with E-state index in [-0.39, 0.29) is 18.5 Å². The molecule has 2 rings (SSSR count). The molecule has 1 aromatic rings. The zero-order valence-electron chi connectivity index (χ0n) is 10.4. The van der Waals surface area contributed by atoms with E-state index in [2.05, 4.69) is 5.32 Å². The third kappa shape index (κ3) is 2.42. The molecule has 1 aromatic carbocycles. The van der Waals surface area contributed by atoms with E-state index in [0.717, 1.165) is 18.2 Å². The van der Waals surface area contributed by atoms with E-state index >= 15 is 0 Å². The molecular weight excluding hydrogens is 281 g/mol. The zero-order chi connectivity index (χ0) is 15.0. The maximum absolute atomic E-state index is 13.4. The van der Waals surface area contributed by atoms with Gasteiger partial charge in [0.2, 0.25) is 0 Å². The van der Waals surface area contributed by atoms with Crippen LogP contribution < -0.4 is 5.32 Å². The standard InChI is InChI=1S/C13H12F5NO/c14-9-3-1-2-8(11(9)15)6-10(20)12(13(16,17)18)4-5-19-7-12/h1-3,19H,4-7H2. The minimum atomic E-state index is -4.71. The van der Waals surface area contributed by atoms with Crippen molar-refractivity contribution in [3.63, 3.8) is 0 Å². The maximum Gasteiger partial charge on any atom is 0.402 e. The number of hydrogen-bond acceptors (Lipinski definition) is 2. The molecule has 1 heterocycles. The summed E-state index contributed by atoms with van der Waals surface area (Å²) in [6, 6.07) is 3.12. The molecule has 20 heavy (non-hydrogen) atoms. The summed E-state index contributed by atoms with van der Waals surface area (Å²) in [6.45, 7) is -0.455. The van der Waals surface area contributed by atoms with Crippen LogP contribution in [-0.2, 0) is 11.2 Å². The highest BCUT2D eigenvalue weighted by atomic mass is 19.4. The lowest BCUT2D eigenvalue weighted by molar-refractivity contribution is -0.214. The molecule has 0 radical (unpaired) electrons. The van der Waals surface area contributed by atoms with Crippen LogP contribution in [0.5, 0.6) is 0 Å². The van der Waals surface area contributed by atoms with Gasteiger partial charge in [-0.25, -0.2) is 8.78 Å². The largest absolute Gasteiger partial charge is 0.402 e. The quantitative estimate of drug-likeness (QED) is 0.868. The molecule has 7 heteroatoms. The van der Waals surface area contributed by atoms with Crippen LogP contribution in [0, 0.1) is 17.0 Å². The van der Waals surface area contributed by atoms with E-state index in [1.807, 2.05) is 0 Å². The van der Waals surface area contributed by atoms with Crippen LogP contribution in [0.1, 0.15) is 12.0 Å². The van der Waals surface area contributed by atoms with Crippen molar-refractivity contribution in [3.05, 3.63) is 35.4 Å². The van der Waals surface area contributed by atoms with Crippen LogP contribution >= 0.6 is 0 Å². The second kappa shape index (κ2) is 5.12. The summed E-state index contributed by atoms with van der Waals surface area (Å²) in [5.41, 5.74) is -2.86. The summed E-state index contributed by atoms with van der Waals surface area (Å²) < 4.78 is 65.8.